The molecule has 4 nitrogen and oxygen atoms in total. The minimum atomic E-state index is -0.0680. The molecule has 21 heavy (non-hydrogen) atoms. The van der Waals surface area contributed by atoms with Gasteiger partial charge in [-0.2, -0.15) is 0 Å². The van der Waals surface area contributed by atoms with Crippen LogP contribution in [0, 0.1) is 0 Å². The van der Waals surface area contributed by atoms with Crippen LogP contribution < -0.4 is 5.32 Å². The molecule has 118 valence electrons. The predicted octanol–water partition coefficient (Wildman–Crippen LogP) is 2.34. The Hall–Kier alpha value is -0.360. The average Bonchev–Trinajstić information content (AvgIpc) is 2.52. The van der Waals surface area contributed by atoms with Crippen LogP contribution in [0.15, 0.2) is 18.2 Å². The highest BCUT2D eigenvalue weighted by atomic mass is 35.5. The van der Waals surface area contributed by atoms with Gasteiger partial charge in [0.05, 0.1) is 29.4 Å². The fourth-order valence-corrected chi connectivity index (χ4v) is 3.09. The molecule has 2 rings (SSSR count). The van der Waals surface area contributed by atoms with Gasteiger partial charge >= 0.3 is 0 Å². The van der Waals surface area contributed by atoms with Gasteiger partial charge in [-0.3, -0.25) is 4.90 Å². The normalized spacial score (nSPS) is 21.4. The molecule has 1 aliphatic rings. The Labute approximate surface area is 136 Å². The van der Waals surface area contributed by atoms with E-state index in [0.717, 1.165) is 31.6 Å². The summed E-state index contributed by atoms with van der Waals surface area (Å²) in [6.07, 6.45) is 0.857. The zero-order chi connectivity index (χ0) is 15.2. The molecule has 1 heterocycles. The van der Waals surface area contributed by atoms with Crippen LogP contribution in [0.25, 0.3) is 0 Å². The van der Waals surface area contributed by atoms with Crippen LogP contribution in [0.4, 0.5) is 0 Å². The summed E-state index contributed by atoms with van der Waals surface area (Å²) in [4.78, 5) is 2.31. The van der Waals surface area contributed by atoms with Gasteiger partial charge in [-0.15, -0.1) is 0 Å². The summed E-state index contributed by atoms with van der Waals surface area (Å²) >= 11 is 12.4. The number of hydrogen-bond acceptors (Lipinski definition) is 4. The molecule has 1 aromatic rings. The van der Waals surface area contributed by atoms with Crippen molar-refractivity contribution in [1.29, 1.82) is 0 Å². The highest BCUT2D eigenvalue weighted by Gasteiger charge is 2.21. The number of morpholine rings is 1. The number of ether oxygens (including phenoxy) is 1. The van der Waals surface area contributed by atoms with Crippen molar-refractivity contribution in [2.24, 2.45) is 0 Å². The number of halogens is 2. The largest absolute Gasteiger partial charge is 0.394 e. The molecule has 2 unspecified atom stereocenters. The van der Waals surface area contributed by atoms with Crippen LogP contribution in [0.1, 0.15) is 18.0 Å². The highest BCUT2D eigenvalue weighted by molar-refractivity contribution is 6.42. The maximum absolute atomic E-state index is 9.18. The van der Waals surface area contributed by atoms with Crippen LogP contribution in [0.5, 0.6) is 0 Å². The van der Waals surface area contributed by atoms with E-state index in [-0.39, 0.29) is 18.8 Å². The third-order valence-electron chi connectivity index (χ3n) is 3.87. The molecule has 1 saturated heterocycles. The van der Waals surface area contributed by atoms with Crippen molar-refractivity contribution >= 4 is 23.2 Å². The van der Waals surface area contributed by atoms with Crippen molar-refractivity contribution in [3.63, 3.8) is 0 Å². The molecule has 0 amide bonds. The van der Waals surface area contributed by atoms with Crippen molar-refractivity contribution in [2.45, 2.75) is 18.6 Å². The summed E-state index contributed by atoms with van der Waals surface area (Å²) in [5.74, 6) is 0. The van der Waals surface area contributed by atoms with Crippen LogP contribution in [-0.4, -0.2) is 56.0 Å². The summed E-state index contributed by atoms with van der Waals surface area (Å²) in [7, 11) is 1.93. The second kappa shape index (κ2) is 8.32. The highest BCUT2D eigenvalue weighted by Crippen LogP contribution is 2.31. The molecule has 1 aromatic carbocycles. The Morgan fingerprint density at radius 2 is 2.29 bits per heavy atom. The van der Waals surface area contributed by atoms with Crippen LogP contribution >= 0.6 is 23.2 Å². The van der Waals surface area contributed by atoms with Gasteiger partial charge in [0.15, 0.2) is 0 Å². The molecular formula is C15H22Cl2N2O2. The zero-order valence-electron chi connectivity index (χ0n) is 12.2. The zero-order valence-corrected chi connectivity index (χ0v) is 13.7. The Balaban J connectivity index is 1.95. The van der Waals surface area contributed by atoms with Gasteiger partial charge in [0.1, 0.15) is 0 Å². The molecule has 1 aliphatic heterocycles. The molecule has 0 aliphatic carbocycles. The van der Waals surface area contributed by atoms with E-state index < -0.39 is 0 Å². The maximum atomic E-state index is 9.18. The quantitative estimate of drug-likeness (QED) is 0.839. The van der Waals surface area contributed by atoms with Gasteiger partial charge in [-0.05, 0) is 25.1 Å². The van der Waals surface area contributed by atoms with Gasteiger partial charge in [0.2, 0.25) is 0 Å². The van der Waals surface area contributed by atoms with E-state index in [4.69, 9.17) is 27.9 Å². The van der Waals surface area contributed by atoms with E-state index in [0.29, 0.717) is 16.7 Å². The van der Waals surface area contributed by atoms with E-state index in [2.05, 4.69) is 10.2 Å². The number of nitrogens with one attached hydrogen (secondary N) is 1. The van der Waals surface area contributed by atoms with Gasteiger partial charge in [0.25, 0.3) is 0 Å². The molecule has 0 saturated carbocycles. The SMILES string of the molecule is CNC(CCN1CCOC(CO)C1)c1cccc(Cl)c1Cl. The van der Waals surface area contributed by atoms with Crippen molar-refractivity contribution in [1.82, 2.24) is 10.2 Å². The molecule has 2 atom stereocenters. The number of benzene rings is 1. The average molecular weight is 333 g/mol. The summed E-state index contributed by atoms with van der Waals surface area (Å²) in [6.45, 7) is 3.35. The topological polar surface area (TPSA) is 44.7 Å². The smallest absolute Gasteiger partial charge is 0.0932 e. The van der Waals surface area contributed by atoms with E-state index >= 15 is 0 Å². The Morgan fingerprint density at radius 1 is 1.48 bits per heavy atom. The van der Waals surface area contributed by atoms with Crippen molar-refractivity contribution in [3.05, 3.63) is 33.8 Å². The maximum Gasteiger partial charge on any atom is 0.0932 e. The van der Waals surface area contributed by atoms with Gasteiger partial charge in [-0.1, -0.05) is 35.3 Å². The van der Waals surface area contributed by atoms with Crippen LogP contribution in [0.2, 0.25) is 10.0 Å². The molecular weight excluding hydrogens is 311 g/mol. The van der Waals surface area contributed by atoms with Crippen molar-refractivity contribution < 1.29 is 9.84 Å². The van der Waals surface area contributed by atoms with Gasteiger partial charge in [-0.25, -0.2) is 0 Å². The monoisotopic (exact) mass is 332 g/mol. The number of aliphatic hydroxyl groups excluding tert-OH is 1. The first-order valence-corrected chi connectivity index (χ1v) is 7.97. The molecule has 0 bridgehead atoms. The number of nitrogens with zero attached hydrogens (tertiary/aromatic N) is 1. The second-order valence-electron chi connectivity index (χ2n) is 5.25. The first-order chi connectivity index (χ1) is 10.2. The second-order valence-corrected chi connectivity index (χ2v) is 6.03. The van der Waals surface area contributed by atoms with E-state index in [1.807, 2.05) is 19.2 Å². The van der Waals surface area contributed by atoms with Crippen molar-refractivity contribution in [2.75, 3.05) is 39.9 Å². The summed E-state index contributed by atoms with van der Waals surface area (Å²) < 4.78 is 5.46. The Bertz CT molecular complexity index is 459. The Morgan fingerprint density at radius 3 is 3.00 bits per heavy atom. The fourth-order valence-electron chi connectivity index (χ4n) is 2.65. The standard InChI is InChI=1S/C15H22Cl2N2O2/c1-18-14(12-3-2-4-13(16)15(12)17)5-6-19-7-8-21-11(9-19)10-20/h2-4,11,14,18,20H,5-10H2,1H3. The number of hydrogen-bond donors (Lipinski definition) is 2. The minimum Gasteiger partial charge on any atom is -0.394 e. The fraction of sp³-hybridized carbons (Fsp3) is 0.600. The molecule has 6 heteroatoms. The summed E-state index contributed by atoms with van der Waals surface area (Å²) in [6, 6.07) is 5.88. The molecule has 2 N–H and O–H groups in total. The lowest BCUT2D eigenvalue weighted by Gasteiger charge is -2.33. The molecule has 1 fully saturated rings. The lowest BCUT2D eigenvalue weighted by atomic mass is 10.0. The Kier molecular flexibility index (Phi) is 6.74. The third-order valence-corrected chi connectivity index (χ3v) is 4.70. The lowest BCUT2D eigenvalue weighted by Crippen LogP contribution is -2.44. The van der Waals surface area contributed by atoms with E-state index in [9.17, 15) is 5.11 Å². The lowest BCUT2D eigenvalue weighted by molar-refractivity contribution is -0.0533. The van der Waals surface area contributed by atoms with Crippen LogP contribution in [0.3, 0.4) is 0 Å². The predicted molar refractivity (Wildman–Crippen MR) is 86.1 cm³/mol. The first-order valence-electron chi connectivity index (χ1n) is 7.21. The number of aliphatic hydroxyl groups is 1. The van der Waals surface area contributed by atoms with Crippen LogP contribution in [-0.2, 0) is 4.74 Å². The molecule has 0 spiro atoms. The number of rotatable bonds is 6. The van der Waals surface area contributed by atoms with Gasteiger partial charge < -0.3 is 15.2 Å². The first kappa shape index (κ1) is 17.0. The van der Waals surface area contributed by atoms with Gasteiger partial charge in [0, 0.05) is 25.7 Å². The third kappa shape index (κ3) is 4.55. The summed E-state index contributed by atoms with van der Waals surface area (Å²) in [5.41, 5.74) is 1.03. The van der Waals surface area contributed by atoms with E-state index in [1.165, 1.54) is 0 Å². The summed E-state index contributed by atoms with van der Waals surface area (Å²) in [5, 5.41) is 13.7. The van der Waals surface area contributed by atoms with E-state index in [1.54, 1.807) is 6.07 Å². The molecule has 0 aromatic heterocycles. The molecule has 0 radical (unpaired) electrons. The van der Waals surface area contributed by atoms with Crippen molar-refractivity contribution in [3.8, 4) is 0 Å². The minimum absolute atomic E-state index is 0.0680.